The Morgan fingerprint density at radius 1 is 1.25 bits per heavy atom. The fraction of sp³-hybridized carbons (Fsp3) is 0.615. The van der Waals surface area contributed by atoms with Gasteiger partial charge in [0, 0.05) is 6.07 Å². The molecular formula is C13H20N2O. The molecular weight excluding hydrogens is 200 g/mol. The molecule has 0 saturated heterocycles. The lowest BCUT2D eigenvalue weighted by Crippen LogP contribution is -2.20. The van der Waals surface area contributed by atoms with Crippen LogP contribution in [0.2, 0.25) is 0 Å². The van der Waals surface area contributed by atoms with Crippen LogP contribution in [0.4, 0.5) is 5.69 Å². The Balaban J connectivity index is 2.09. The largest absolute Gasteiger partial charge is 0.474 e. The number of rotatable bonds is 2. The molecule has 16 heavy (non-hydrogen) atoms. The molecule has 0 aliphatic heterocycles. The number of hydrogen-bond donors (Lipinski definition) is 1. The van der Waals surface area contributed by atoms with E-state index in [4.69, 9.17) is 10.5 Å². The zero-order valence-electron chi connectivity index (χ0n) is 10.1. The molecule has 2 N–H and O–H groups in total. The van der Waals surface area contributed by atoms with Crippen molar-refractivity contribution in [2.45, 2.75) is 52.1 Å². The fourth-order valence-electron chi connectivity index (χ4n) is 2.22. The van der Waals surface area contributed by atoms with Crippen LogP contribution in [-0.4, -0.2) is 11.1 Å². The highest BCUT2D eigenvalue weighted by molar-refractivity contribution is 5.51. The molecule has 0 amide bonds. The van der Waals surface area contributed by atoms with Crippen LogP contribution in [0.15, 0.2) is 6.07 Å². The minimum absolute atomic E-state index is 0.351. The van der Waals surface area contributed by atoms with Crippen LogP contribution in [0.5, 0.6) is 5.88 Å². The van der Waals surface area contributed by atoms with Gasteiger partial charge in [-0.1, -0.05) is 6.42 Å². The van der Waals surface area contributed by atoms with Gasteiger partial charge in [0.1, 0.15) is 6.10 Å². The Morgan fingerprint density at radius 2 is 1.94 bits per heavy atom. The number of aryl methyl sites for hydroxylation is 2. The maximum absolute atomic E-state index is 5.91. The number of aromatic nitrogens is 1. The summed E-state index contributed by atoms with van der Waals surface area (Å²) < 4.78 is 5.91. The van der Waals surface area contributed by atoms with Gasteiger partial charge in [-0.15, -0.1) is 0 Å². The van der Waals surface area contributed by atoms with E-state index in [-0.39, 0.29) is 0 Å². The summed E-state index contributed by atoms with van der Waals surface area (Å²) in [7, 11) is 0. The van der Waals surface area contributed by atoms with Gasteiger partial charge in [-0.25, -0.2) is 4.98 Å². The van der Waals surface area contributed by atoms with Crippen LogP contribution < -0.4 is 10.5 Å². The number of hydrogen-bond acceptors (Lipinski definition) is 3. The molecule has 1 fully saturated rings. The van der Waals surface area contributed by atoms with Crippen molar-refractivity contribution < 1.29 is 4.74 Å². The van der Waals surface area contributed by atoms with Crippen LogP contribution in [0, 0.1) is 13.8 Å². The summed E-state index contributed by atoms with van der Waals surface area (Å²) in [5.41, 5.74) is 8.56. The van der Waals surface area contributed by atoms with Gasteiger partial charge >= 0.3 is 0 Å². The number of anilines is 1. The SMILES string of the molecule is Cc1cc(OC2CCCCC2)nc(C)c1N. The van der Waals surface area contributed by atoms with Crippen LogP contribution >= 0.6 is 0 Å². The first kappa shape index (κ1) is 11.2. The first-order valence-corrected chi connectivity index (χ1v) is 6.07. The van der Waals surface area contributed by atoms with E-state index in [1.165, 1.54) is 19.3 Å². The molecule has 3 heteroatoms. The van der Waals surface area contributed by atoms with E-state index in [2.05, 4.69) is 4.98 Å². The first-order chi connectivity index (χ1) is 7.66. The summed E-state index contributed by atoms with van der Waals surface area (Å²) in [5, 5.41) is 0. The third-order valence-corrected chi connectivity index (χ3v) is 3.27. The second kappa shape index (κ2) is 4.73. The molecule has 0 bridgehead atoms. The summed E-state index contributed by atoms with van der Waals surface area (Å²) in [6.45, 7) is 3.92. The maximum atomic E-state index is 5.91. The van der Waals surface area contributed by atoms with E-state index >= 15 is 0 Å². The molecule has 0 radical (unpaired) electrons. The molecule has 0 aromatic carbocycles. The van der Waals surface area contributed by atoms with Crippen molar-refractivity contribution in [3.8, 4) is 5.88 Å². The zero-order chi connectivity index (χ0) is 11.5. The Bertz CT molecular complexity index is 347. The molecule has 0 atom stereocenters. The van der Waals surface area contributed by atoms with Crippen molar-refractivity contribution in [3.63, 3.8) is 0 Å². The van der Waals surface area contributed by atoms with Crippen LogP contribution in [-0.2, 0) is 0 Å². The highest BCUT2D eigenvalue weighted by atomic mass is 16.5. The molecule has 1 heterocycles. The van der Waals surface area contributed by atoms with Crippen molar-refractivity contribution >= 4 is 5.69 Å². The Labute approximate surface area is 97.0 Å². The van der Waals surface area contributed by atoms with Gasteiger partial charge in [0.05, 0.1) is 11.4 Å². The number of pyridine rings is 1. The molecule has 3 nitrogen and oxygen atoms in total. The molecule has 88 valence electrons. The fourth-order valence-corrected chi connectivity index (χ4v) is 2.22. The van der Waals surface area contributed by atoms with Crippen molar-refractivity contribution in [1.29, 1.82) is 0 Å². The van der Waals surface area contributed by atoms with E-state index in [1.54, 1.807) is 0 Å². The molecule has 1 aromatic rings. The van der Waals surface area contributed by atoms with Crippen molar-refractivity contribution in [2.24, 2.45) is 0 Å². The summed E-state index contributed by atoms with van der Waals surface area (Å²) in [6.07, 6.45) is 6.56. The lowest BCUT2D eigenvalue weighted by Gasteiger charge is -2.22. The van der Waals surface area contributed by atoms with E-state index in [1.807, 2.05) is 19.9 Å². The van der Waals surface area contributed by atoms with Crippen molar-refractivity contribution in [3.05, 3.63) is 17.3 Å². The normalized spacial score (nSPS) is 17.4. The summed E-state index contributed by atoms with van der Waals surface area (Å²) in [4.78, 5) is 4.38. The summed E-state index contributed by atoms with van der Waals surface area (Å²) in [6, 6.07) is 1.94. The number of ether oxygens (including phenoxy) is 1. The first-order valence-electron chi connectivity index (χ1n) is 6.07. The quantitative estimate of drug-likeness (QED) is 0.833. The van der Waals surface area contributed by atoms with Crippen molar-refractivity contribution in [2.75, 3.05) is 5.73 Å². The van der Waals surface area contributed by atoms with Gasteiger partial charge in [0.2, 0.25) is 5.88 Å². The predicted octanol–water partition coefficient (Wildman–Crippen LogP) is 2.99. The van der Waals surface area contributed by atoms with Gasteiger partial charge in [0.15, 0.2) is 0 Å². The topological polar surface area (TPSA) is 48.1 Å². The van der Waals surface area contributed by atoms with Gasteiger partial charge in [-0.05, 0) is 45.1 Å². The average molecular weight is 220 g/mol. The molecule has 0 unspecified atom stereocenters. The van der Waals surface area contributed by atoms with E-state index in [0.717, 1.165) is 35.7 Å². The second-order valence-electron chi connectivity index (χ2n) is 4.65. The zero-order valence-corrected chi connectivity index (χ0v) is 10.1. The smallest absolute Gasteiger partial charge is 0.214 e. The number of nitrogens with zero attached hydrogens (tertiary/aromatic N) is 1. The van der Waals surface area contributed by atoms with Gasteiger partial charge in [-0.3, -0.25) is 0 Å². The molecule has 0 spiro atoms. The molecule has 1 aliphatic rings. The summed E-state index contributed by atoms with van der Waals surface area (Å²) in [5.74, 6) is 0.733. The van der Waals surface area contributed by atoms with Crippen LogP contribution in [0.3, 0.4) is 0 Å². The Kier molecular flexibility index (Phi) is 3.32. The van der Waals surface area contributed by atoms with E-state index < -0.39 is 0 Å². The van der Waals surface area contributed by atoms with Crippen LogP contribution in [0.25, 0.3) is 0 Å². The second-order valence-corrected chi connectivity index (χ2v) is 4.65. The van der Waals surface area contributed by atoms with Crippen LogP contribution in [0.1, 0.15) is 43.4 Å². The third-order valence-electron chi connectivity index (χ3n) is 3.27. The predicted molar refractivity (Wildman–Crippen MR) is 65.6 cm³/mol. The standard InChI is InChI=1S/C13H20N2O/c1-9-8-12(15-10(2)13(9)14)16-11-6-4-3-5-7-11/h8,11H,3-7,14H2,1-2H3. The maximum Gasteiger partial charge on any atom is 0.214 e. The minimum atomic E-state index is 0.351. The Hall–Kier alpha value is -1.25. The highest BCUT2D eigenvalue weighted by Crippen LogP contribution is 2.25. The Morgan fingerprint density at radius 3 is 2.56 bits per heavy atom. The lowest BCUT2D eigenvalue weighted by atomic mass is 9.98. The summed E-state index contributed by atoms with van der Waals surface area (Å²) >= 11 is 0. The molecule has 1 aromatic heterocycles. The third kappa shape index (κ3) is 2.46. The number of nitrogen functional groups attached to an aromatic ring is 1. The van der Waals surface area contributed by atoms with Gasteiger partial charge in [0.25, 0.3) is 0 Å². The monoisotopic (exact) mass is 220 g/mol. The highest BCUT2D eigenvalue weighted by Gasteiger charge is 2.16. The molecule has 1 aliphatic carbocycles. The lowest BCUT2D eigenvalue weighted by molar-refractivity contribution is 0.148. The minimum Gasteiger partial charge on any atom is -0.474 e. The van der Waals surface area contributed by atoms with E-state index in [0.29, 0.717) is 6.10 Å². The van der Waals surface area contributed by atoms with Gasteiger partial charge < -0.3 is 10.5 Å². The molecule has 1 saturated carbocycles. The van der Waals surface area contributed by atoms with Gasteiger partial charge in [-0.2, -0.15) is 0 Å². The average Bonchev–Trinajstić information content (AvgIpc) is 2.27. The number of nitrogens with two attached hydrogens (primary N) is 1. The van der Waals surface area contributed by atoms with Crippen molar-refractivity contribution in [1.82, 2.24) is 4.98 Å². The van der Waals surface area contributed by atoms with E-state index in [9.17, 15) is 0 Å². The molecule has 2 rings (SSSR count).